The Morgan fingerprint density at radius 1 is 0.902 bits per heavy atom. The van der Waals surface area contributed by atoms with Crippen LogP contribution in [0.5, 0.6) is 0 Å². The van der Waals surface area contributed by atoms with Crippen molar-refractivity contribution < 1.29 is 45.3 Å². The van der Waals surface area contributed by atoms with Crippen LogP contribution in [0.1, 0.15) is 41.1 Å². The summed E-state index contributed by atoms with van der Waals surface area (Å²) >= 11 is 0. The molecule has 41 heavy (non-hydrogen) atoms. The Morgan fingerprint density at radius 3 is 2.15 bits per heavy atom. The summed E-state index contributed by atoms with van der Waals surface area (Å²) in [4.78, 5) is 4.10. The van der Waals surface area contributed by atoms with Crippen molar-refractivity contribution in [3.8, 4) is 11.8 Å². The molecule has 2 aliphatic rings. The van der Waals surface area contributed by atoms with E-state index in [4.69, 9.17) is 9.47 Å². The van der Waals surface area contributed by atoms with Crippen LogP contribution in [0.2, 0.25) is 0 Å². The molecule has 2 fully saturated rings. The predicted octanol–water partition coefficient (Wildman–Crippen LogP) is 5.28. The molecular weight excluding hydrogens is 557 g/mol. The zero-order valence-corrected chi connectivity index (χ0v) is 22.1. The molecule has 0 aromatic heterocycles. The van der Waals surface area contributed by atoms with E-state index in [-0.39, 0.29) is 43.9 Å². The summed E-state index contributed by atoms with van der Waals surface area (Å²) in [5, 5.41) is 9.50. The lowest BCUT2D eigenvalue weighted by Crippen LogP contribution is -2.46. The van der Waals surface area contributed by atoms with Crippen LogP contribution >= 0.6 is 0 Å². The summed E-state index contributed by atoms with van der Waals surface area (Å²) in [6.07, 6.45) is -9.09. The van der Waals surface area contributed by atoms with Crippen molar-refractivity contribution in [2.45, 2.75) is 50.0 Å². The zero-order chi connectivity index (χ0) is 29.6. The topological polar surface area (TPSA) is 45.2 Å². The summed E-state index contributed by atoms with van der Waals surface area (Å²) in [5.74, 6) is 5.83. The van der Waals surface area contributed by atoms with Crippen LogP contribution in [0.3, 0.4) is 0 Å². The number of morpholine rings is 1. The second-order valence-electron chi connectivity index (χ2n) is 10.0. The SMILES string of the molecule is OC[C@@H]1CCCN1CC#CCN1CCOC(OCCc2cc(C(F)(F)F)cc(C(F)(F)F)c2)C1c1ccc(F)cc1. The molecule has 1 N–H and O–H groups in total. The van der Waals surface area contributed by atoms with Crippen LogP contribution < -0.4 is 0 Å². The fourth-order valence-electron chi connectivity index (χ4n) is 5.11. The lowest BCUT2D eigenvalue weighted by atomic mass is 10.0. The molecule has 0 amide bonds. The second kappa shape index (κ2) is 13.5. The van der Waals surface area contributed by atoms with E-state index in [2.05, 4.69) is 16.7 Å². The summed E-state index contributed by atoms with van der Waals surface area (Å²) in [5.41, 5.74) is -2.28. The Kier molecular flexibility index (Phi) is 10.3. The van der Waals surface area contributed by atoms with Crippen molar-refractivity contribution >= 4 is 0 Å². The monoisotopic (exact) mass is 588 g/mol. The van der Waals surface area contributed by atoms with Crippen LogP contribution in [-0.2, 0) is 28.2 Å². The van der Waals surface area contributed by atoms with E-state index >= 15 is 0 Å². The highest BCUT2D eigenvalue weighted by Gasteiger charge is 2.37. The van der Waals surface area contributed by atoms with Gasteiger partial charge < -0.3 is 14.6 Å². The molecule has 2 saturated heterocycles. The quantitative estimate of drug-likeness (QED) is 0.336. The lowest BCUT2D eigenvalue weighted by Gasteiger charge is -2.40. The molecule has 224 valence electrons. The molecule has 0 saturated carbocycles. The van der Waals surface area contributed by atoms with Gasteiger partial charge in [0.15, 0.2) is 6.29 Å². The number of aliphatic hydroxyl groups excluding tert-OH is 1. The van der Waals surface area contributed by atoms with Gasteiger partial charge in [-0.1, -0.05) is 24.0 Å². The average molecular weight is 589 g/mol. The highest BCUT2D eigenvalue weighted by Crippen LogP contribution is 2.37. The molecule has 0 spiro atoms. The zero-order valence-electron chi connectivity index (χ0n) is 22.1. The molecular formula is C29H31F7N2O3. The highest BCUT2D eigenvalue weighted by atomic mass is 19.4. The van der Waals surface area contributed by atoms with E-state index in [1.807, 2.05) is 4.90 Å². The molecule has 4 rings (SSSR count). The molecule has 2 heterocycles. The van der Waals surface area contributed by atoms with Crippen LogP contribution in [0, 0.1) is 17.7 Å². The molecule has 5 nitrogen and oxygen atoms in total. The van der Waals surface area contributed by atoms with Gasteiger partial charge in [0.1, 0.15) is 5.82 Å². The van der Waals surface area contributed by atoms with Crippen molar-refractivity contribution in [1.29, 1.82) is 0 Å². The molecule has 2 aliphatic heterocycles. The van der Waals surface area contributed by atoms with Gasteiger partial charge in [0.05, 0.1) is 50.1 Å². The Morgan fingerprint density at radius 2 is 1.54 bits per heavy atom. The minimum absolute atomic E-state index is 0.0782. The predicted molar refractivity (Wildman–Crippen MR) is 136 cm³/mol. The number of halogens is 7. The number of nitrogens with zero attached hydrogens (tertiary/aromatic N) is 2. The smallest absolute Gasteiger partial charge is 0.395 e. The number of benzene rings is 2. The molecule has 12 heteroatoms. The number of alkyl halides is 6. The number of hydrogen-bond donors (Lipinski definition) is 1. The van der Waals surface area contributed by atoms with Gasteiger partial charge in [0.2, 0.25) is 0 Å². The van der Waals surface area contributed by atoms with Gasteiger partial charge >= 0.3 is 12.4 Å². The Balaban J connectivity index is 1.46. The second-order valence-corrected chi connectivity index (χ2v) is 10.0. The number of likely N-dealkylation sites (tertiary alicyclic amines) is 1. The largest absolute Gasteiger partial charge is 0.416 e. The first-order valence-corrected chi connectivity index (χ1v) is 13.3. The fourth-order valence-corrected chi connectivity index (χ4v) is 5.11. The lowest BCUT2D eigenvalue weighted by molar-refractivity contribution is -0.208. The molecule has 2 aromatic carbocycles. The summed E-state index contributed by atoms with van der Waals surface area (Å²) in [6, 6.07) is 6.73. The van der Waals surface area contributed by atoms with Crippen LogP contribution in [-0.4, -0.2) is 73.2 Å². The fraction of sp³-hybridized carbons (Fsp3) is 0.517. The summed E-state index contributed by atoms with van der Waals surface area (Å²) in [6.45, 7) is 2.29. The minimum atomic E-state index is -4.94. The Bertz CT molecular complexity index is 1180. The Labute approximate surface area is 233 Å². The standard InChI is InChI=1S/C29H31F7N2O3/c30-24-7-5-21(6-8-24)26-27(41-15-13-38(26)11-2-1-10-37-12-3-4-25(37)19-39)40-14-9-20-16-22(28(31,32)33)18-23(17-20)29(34,35)36/h5-8,16-18,25-27,39H,3-4,9-15,19H2/t25-,26?,27?/m0/s1. The van der Waals surface area contributed by atoms with Crippen molar-refractivity contribution in [2.24, 2.45) is 0 Å². The van der Waals surface area contributed by atoms with E-state index in [1.54, 1.807) is 12.1 Å². The normalized spacial score (nSPS) is 22.5. The van der Waals surface area contributed by atoms with Gasteiger partial charge in [-0.25, -0.2) is 4.39 Å². The van der Waals surface area contributed by atoms with Gasteiger partial charge in [0.25, 0.3) is 0 Å². The van der Waals surface area contributed by atoms with Gasteiger partial charge in [-0.05, 0) is 67.3 Å². The van der Waals surface area contributed by atoms with Crippen molar-refractivity contribution in [2.75, 3.05) is 46.0 Å². The average Bonchev–Trinajstić information content (AvgIpc) is 3.38. The number of aliphatic hydroxyl groups is 1. The van der Waals surface area contributed by atoms with Gasteiger partial charge in [0, 0.05) is 12.6 Å². The molecule has 0 radical (unpaired) electrons. The van der Waals surface area contributed by atoms with Crippen molar-refractivity contribution in [3.63, 3.8) is 0 Å². The first-order chi connectivity index (χ1) is 19.5. The third-order valence-electron chi connectivity index (χ3n) is 7.24. The molecule has 2 aromatic rings. The highest BCUT2D eigenvalue weighted by molar-refractivity contribution is 5.33. The van der Waals surface area contributed by atoms with E-state index in [0.29, 0.717) is 37.3 Å². The number of hydrogen-bond acceptors (Lipinski definition) is 5. The van der Waals surface area contributed by atoms with Gasteiger partial charge in [-0.2, -0.15) is 26.3 Å². The van der Waals surface area contributed by atoms with E-state index in [0.717, 1.165) is 19.4 Å². The Hall–Kier alpha value is -2.69. The van der Waals surface area contributed by atoms with Gasteiger partial charge in [-0.15, -0.1) is 0 Å². The van der Waals surface area contributed by atoms with Crippen molar-refractivity contribution in [3.05, 3.63) is 70.5 Å². The van der Waals surface area contributed by atoms with Gasteiger partial charge in [-0.3, -0.25) is 9.80 Å². The number of ether oxygens (including phenoxy) is 2. The minimum Gasteiger partial charge on any atom is -0.395 e. The first kappa shape index (κ1) is 31.3. The van der Waals surface area contributed by atoms with Crippen molar-refractivity contribution in [1.82, 2.24) is 9.80 Å². The van der Waals surface area contributed by atoms with E-state index in [1.165, 1.54) is 12.1 Å². The van der Waals surface area contributed by atoms with Crippen LogP contribution in [0.4, 0.5) is 30.7 Å². The van der Waals surface area contributed by atoms with E-state index < -0.39 is 41.6 Å². The van der Waals surface area contributed by atoms with Crippen LogP contribution in [0.25, 0.3) is 0 Å². The third kappa shape index (κ3) is 8.42. The maximum atomic E-state index is 13.6. The summed E-state index contributed by atoms with van der Waals surface area (Å²) < 4.78 is 105. The van der Waals surface area contributed by atoms with Crippen LogP contribution in [0.15, 0.2) is 42.5 Å². The molecule has 3 atom stereocenters. The molecule has 2 unspecified atom stereocenters. The van der Waals surface area contributed by atoms with E-state index in [9.17, 15) is 35.8 Å². The molecule has 0 bridgehead atoms. The molecule has 0 aliphatic carbocycles. The maximum absolute atomic E-state index is 13.6. The third-order valence-corrected chi connectivity index (χ3v) is 7.24. The first-order valence-electron chi connectivity index (χ1n) is 13.3. The number of rotatable bonds is 8. The summed E-state index contributed by atoms with van der Waals surface area (Å²) in [7, 11) is 0. The maximum Gasteiger partial charge on any atom is 0.416 e.